The summed E-state index contributed by atoms with van der Waals surface area (Å²) in [6, 6.07) is 2.28. The zero-order chi connectivity index (χ0) is 11.4. The van der Waals surface area contributed by atoms with Crippen LogP contribution in [0, 0.1) is 0 Å². The number of aromatic nitrogens is 2. The highest BCUT2D eigenvalue weighted by molar-refractivity contribution is 5.16. The molecule has 1 aromatic rings. The topological polar surface area (TPSA) is 43.8 Å². The fraction of sp³-hybridized carbons (Fsp3) is 0.769. The maximum atomic E-state index is 5.59. The van der Waals surface area contributed by atoms with Crippen molar-refractivity contribution >= 4 is 0 Å². The zero-order valence-electron chi connectivity index (χ0n) is 10.3. The highest BCUT2D eigenvalue weighted by atomic mass is 15.3. The normalized spacial score (nSPS) is 17.9. The average Bonchev–Trinajstić information content (AvgIpc) is 2.74. The molecule has 16 heavy (non-hydrogen) atoms. The number of hydrogen-bond acceptors (Lipinski definition) is 2. The van der Waals surface area contributed by atoms with Crippen LogP contribution in [0.4, 0.5) is 0 Å². The first-order chi connectivity index (χ1) is 7.85. The first-order valence-corrected chi connectivity index (χ1v) is 6.61. The Morgan fingerprint density at radius 1 is 1.38 bits per heavy atom. The van der Waals surface area contributed by atoms with Gasteiger partial charge in [-0.15, -0.1) is 0 Å². The van der Waals surface area contributed by atoms with E-state index in [2.05, 4.69) is 22.8 Å². The molecular weight excluding hydrogens is 198 g/mol. The second-order valence-electron chi connectivity index (χ2n) is 4.75. The van der Waals surface area contributed by atoms with Crippen LogP contribution < -0.4 is 5.73 Å². The summed E-state index contributed by atoms with van der Waals surface area (Å²) in [6.07, 6.45) is 7.76. The van der Waals surface area contributed by atoms with E-state index in [4.69, 9.17) is 5.73 Å². The van der Waals surface area contributed by atoms with Gasteiger partial charge in [-0.25, -0.2) is 0 Å². The van der Waals surface area contributed by atoms with Crippen LogP contribution in [-0.4, -0.2) is 16.3 Å². The number of nitrogens with two attached hydrogens (primary N) is 1. The van der Waals surface area contributed by atoms with Gasteiger partial charge < -0.3 is 5.73 Å². The molecule has 1 aromatic heterocycles. The second kappa shape index (κ2) is 5.48. The quantitative estimate of drug-likeness (QED) is 0.848. The first kappa shape index (κ1) is 11.6. The van der Waals surface area contributed by atoms with Crippen LogP contribution in [0.15, 0.2) is 6.07 Å². The Morgan fingerprint density at radius 2 is 2.12 bits per heavy atom. The summed E-state index contributed by atoms with van der Waals surface area (Å²) in [4.78, 5) is 0. The molecule has 1 fully saturated rings. The van der Waals surface area contributed by atoms with Crippen LogP contribution in [0.5, 0.6) is 0 Å². The maximum absolute atomic E-state index is 5.59. The largest absolute Gasteiger partial charge is 0.330 e. The Kier molecular flexibility index (Phi) is 3.99. The molecule has 90 valence electrons. The molecule has 0 bridgehead atoms. The maximum Gasteiger partial charge on any atom is 0.0640 e. The molecule has 0 amide bonds. The molecular formula is C13H23N3. The molecule has 3 heteroatoms. The van der Waals surface area contributed by atoms with Crippen molar-refractivity contribution in [3.8, 4) is 0 Å². The number of rotatable bonds is 4. The SMILES string of the molecule is CCn1nc(CCN)cc1C1CCCCC1. The van der Waals surface area contributed by atoms with Crippen LogP contribution in [-0.2, 0) is 13.0 Å². The van der Waals surface area contributed by atoms with E-state index in [0.29, 0.717) is 6.54 Å². The summed E-state index contributed by atoms with van der Waals surface area (Å²) < 4.78 is 2.18. The van der Waals surface area contributed by atoms with Gasteiger partial charge in [0.2, 0.25) is 0 Å². The summed E-state index contributed by atoms with van der Waals surface area (Å²) in [6.45, 7) is 3.85. The number of hydrogen-bond donors (Lipinski definition) is 1. The first-order valence-electron chi connectivity index (χ1n) is 6.61. The van der Waals surface area contributed by atoms with Crippen LogP contribution >= 0.6 is 0 Å². The number of nitrogens with zero attached hydrogens (tertiary/aromatic N) is 2. The lowest BCUT2D eigenvalue weighted by molar-refractivity contribution is 0.417. The van der Waals surface area contributed by atoms with Crippen molar-refractivity contribution in [3.05, 3.63) is 17.5 Å². The Morgan fingerprint density at radius 3 is 2.75 bits per heavy atom. The molecule has 0 atom stereocenters. The van der Waals surface area contributed by atoms with Gasteiger partial charge in [0.1, 0.15) is 0 Å². The van der Waals surface area contributed by atoms with Gasteiger partial charge in [0.25, 0.3) is 0 Å². The second-order valence-corrected chi connectivity index (χ2v) is 4.75. The smallest absolute Gasteiger partial charge is 0.0640 e. The van der Waals surface area contributed by atoms with E-state index in [-0.39, 0.29) is 0 Å². The molecule has 1 saturated carbocycles. The van der Waals surface area contributed by atoms with E-state index in [1.807, 2.05) is 0 Å². The van der Waals surface area contributed by atoms with E-state index in [1.54, 1.807) is 0 Å². The molecule has 1 heterocycles. The molecule has 0 aromatic carbocycles. The van der Waals surface area contributed by atoms with E-state index in [0.717, 1.165) is 18.9 Å². The fourth-order valence-electron chi connectivity index (χ4n) is 2.74. The molecule has 0 spiro atoms. The van der Waals surface area contributed by atoms with Gasteiger partial charge in [0.15, 0.2) is 0 Å². The summed E-state index contributed by atoms with van der Waals surface area (Å²) in [7, 11) is 0. The Bertz CT molecular complexity index is 324. The molecule has 0 unspecified atom stereocenters. The zero-order valence-corrected chi connectivity index (χ0v) is 10.3. The molecule has 0 radical (unpaired) electrons. The van der Waals surface area contributed by atoms with Crippen molar-refractivity contribution in [1.29, 1.82) is 0 Å². The van der Waals surface area contributed by atoms with E-state index < -0.39 is 0 Å². The lowest BCUT2D eigenvalue weighted by Gasteiger charge is -2.22. The summed E-state index contributed by atoms with van der Waals surface area (Å²) in [5, 5.41) is 4.63. The van der Waals surface area contributed by atoms with Crippen molar-refractivity contribution in [1.82, 2.24) is 9.78 Å². The highest BCUT2D eigenvalue weighted by Gasteiger charge is 2.19. The van der Waals surface area contributed by atoms with Crippen molar-refractivity contribution in [2.45, 2.75) is 57.9 Å². The monoisotopic (exact) mass is 221 g/mol. The molecule has 0 saturated heterocycles. The third-order valence-corrected chi connectivity index (χ3v) is 3.59. The lowest BCUT2D eigenvalue weighted by Crippen LogP contribution is -2.11. The van der Waals surface area contributed by atoms with Crippen LogP contribution in [0.1, 0.15) is 56.3 Å². The van der Waals surface area contributed by atoms with E-state index in [9.17, 15) is 0 Å². The van der Waals surface area contributed by atoms with Crippen LogP contribution in [0.25, 0.3) is 0 Å². The van der Waals surface area contributed by atoms with Crippen molar-refractivity contribution in [2.75, 3.05) is 6.54 Å². The summed E-state index contributed by atoms with van der Waals surface area (Å²) in [5.41, 5.74) is 8.21. The van der Waals surface area contributed by atoms with E-state index >= 15 is 0 Å². The fourth-order valence-corrected chi connectivity index (χ4v) is 2.74. The predicted molar refractivity (Wildman–Crippen MR) is 66.5 cm³/mol. The van der Waals surface area contributed by atoms with Crippen LogP contribution in [0.3, 0.4) is 0 Å². The minimum absolute atomic E-state index is 0.699. The highest BCUT2D eigenvalue weighted by Crippen LogP contribution is 2.32. The van der Waals surface area contributed by atoms with Crippen molar-refractivity contribution < 1.29 is 0 Å². The van der Waals surface area contributed by atoms with E-state index in [1.165, 1.54) is 43.5 Å². The Labute approximate surface area is 98.0 Å². The van der Waals surface area contributed by atoms with Gasteiger partial charge in [-0.1, -0.05) is 19.3 Å². The van der Waals surface area contributed by atoms with Gasteiger partial charge in [0.05, 0.1) is 5.69 Å². The number of aryl methyl sites for hydroxylation is 1. The standard InChI is InChI=1S/C13H23N3/c1-2-16-13(10-12(15-16)8-9-14)11-6-4-3-5-7-11/h10-11H,2-9,14H2,1H3. The van der Waals surface area contributed by atoms with Gasteiger partial charge in [-0.3, -0.25) is 4.68 Å². The minimum atomic E-state index is 0.699. The predicted octanol–water partition coefficient (Wildman–Crippen LogP) is 2.45. The third kappa shape index (κ3) is 2.46. The van der Waals surface area contributed by atoms with Crippen LogP contribution in [0.2, 0.25) is 0 Å². The van der Waals surface area contributed by atoms with Crippen molar-refractivity contribution in [2.24, 2.45) is 5.73 Å². The molecule has 3 nitrogen and oxygen atoms in total. The van der Waals surface area contributed by atoms with Crippen molar-refractivity contribution in [3.63, 3.8) is 0 Å². The van der Waals surface area contributed by atoms with Gasteiger partial charge in [-0.05, 0) is 32.4 Å². The summed E-state index contributed by atoms with van der Waals surface area (Å²) in [5.74, 6) is 0.743. The van der Waals surface area contributed by atoms with Gasteiger partial charge in [0, 0.05) is 24.6 Å². The lowest BCUT2D eigenvalue weighted by atomic mass is 9.87. The molecule has 2 N–H and O–H groups in total. The van der Waals surface area contributed by atoms with Gasteiger partial charge in [-0.2, -0.15) is 5.10 Å². The molecule has 0 aliphatic heterocycles. The minimum Gasteiger partial charge on any atom is -0.330 e. The molecule has 1 aliphatic rings. The third-order valence-electron chi connectivity index (χ3n) is 3.59. The average molecular weight is 221 g/mol. The summed E-state index contributed by atoms with van der Waals surface area (Å²) >= 11 is 0. The Balaban J connectivity index is 2.16. The van der Waals surface area contributed by atoms with Gasteiger partial charge >= 0.3 is 0 Å². The molecule has 2 rings (SSSR count). The Hall–Kier alpha value is -0.830. The molecule has 1 aliphatic carbocycles.